The lowest BCUT2D eigenvalue weighted by Crippen LogP contribution is -2.43. The van der Waals surface area contributed by atoms with Crippen molar-refractivity contribution in [1.82, 2.24) is 4.90 Å². The molecule has 2 rings (SSSR count). The average molecular weight is 385 g/mol. The first-order chi connectivity index (χ1) is 12.5. The van der Waals surface area contributed by atoms with E-state index < -0.39 is 11.2 Å². The third-order valence-corrected chi connectivity index (χ3v) is 5.04. The van der Waals surface area contributed by atoms with Crippen molar-refractivity contribution in [2.45, 2.75) is 51.7 Å². The first kappa shape index (κ1) is 20.9. The Morgan fingerprint density at radius 2 is 2.07 bits per heavy atom. The summed E-state index contributed by atoms with van der Waals surface area (Å²) in [4.78, 5) is 16.3. The van der Waals surface area contributed by atoms with Gasteiger partial charge in [-0.3, -0.25) is 9.69 Å². The smallest absolute Gasteiger partial charge is 0.259 e. The van der Waals surface area contributed by atoms with Gasteiger partial charge in [-0.25, -0.2) is 4.39 Å². The molecule has 0 radical (unpaired) electrons. The molecule has 0 aliphatic carbocycles. The van der Waals surface area contributed by atoms with Crippen molar-refractivity contribution < 1.29 is 9.18 Å². The molecule has 0 bridgehead atoms. The highest BCUT2D eigenvalue weighted by Crippen LogP contribution is 2.38. The fraction of sp³-hybridized carbons (Fsp3) is 0.364. The van der Waals surface area contributed by atoms with Crippen LogP contribution in [0.2, 0.25) is 0 Å². The number of thiocarbonyl (C=S) groups is 1. The predicted octanol–water partition coefficient (Wildman–Crippen LogP) is 5.06. The minimum Gasteiger partial charge on any atom is -0.308 e. The normalized spacial score (nSPS) is 16.4. The Hall–Kier alpha value is -2.45. The summed E-state index contributed by atoms with van der Waals surface area (Å²) >= 11 is 5.60. The number of alkyl halides is 1. The van der Waals surface area contributed by atoms with Gasteiger partial charge in [-0.05, 0) is 71.0 Å². The topological polar surface area (TPSA) is 23.6 Å². The molecule has 1 saturated heterocycles. The number of rotatable bonds is 6. The molecule has 0 atom stereocenters. The summed E-state index contributed by atoms with van der Waals surface area (Å²) in [6.07, 6.45) is 8.68. The van der Waals surface area contributed by atoms with Crippen LogP contribution in [0.15, 0.2) is 43.1 Å². The van der Waals surface area contributed by atoms with Crippen LogP contribution >= 0.6 is 12.2 Å². The number of hydrogen-bond acceptors (Lipinski definition) is 2. The average Bonchev–Trinajstić information content (AvgIpc) is 2.76. The molecule has 0 spiro atoms. The Morgan fingerprint density at radius 1 is 1.44 bits per heavy atom. The van der Waals surface area contributed by atoms with Gasteiger partial charge in [-0.15, -0.1) is 13.0 Å². The number of amides is 1. The molecule has 1 heterocycles. The van der Waals surface area contributed by atoms with E-state index in [9.17, 15) is 9.18 Å². The summed E-state index contributed by atoms with van der Waals surface area (Å²) in [7, 11) is 0. The van der Waals surface area contributed by atoms with Crippen LogP contribution in [0.3, 0.4) is 0 Å². The highest BCUT2D eigenvalue weighted by molar-refractivity contribution is 7.80. The van der Waals surface area contributed by atoms with E-state index in [1.54, 1.807) is 43.0 Å². The number of anilines is 1. The molecule has 3 nitrogen and oxygen atoms in total. The zero-order valence-electron chi connectivity index (χ0n) is 16.3. The maximum Gasteiger partial charge on any atom is 0.259 e. The largest absolute Gasteiger partial charge is 0.308 e. The van der Waals surface area contributed by atoms with Crippen LogP contribution in [0.1, 0.15) is 51.7 Å². The van der Waals surface area contributed by atoms with Crippen molar-refractivity contribution in [2.24, 2.45) is 0 Å². The van der Waals surface area contributed by atoms with Crippen LogP contribution < -0.4 is 4.90 Å². The summed E-state index contributed by atoms with van der Waals surface area (Å²) < 4.78 is 14.7. The minimum absolute atomic E-state index is 0.191. The van der Waals surface area contributed by atoms with Gasteiger partial charge >= 0.3 is 0 Å². The molecule has 0 unspecified atom stereocenters. The maximum absolute atomic E-state index is 14.7. The number of carbonyl (C=O) groups excluding carboxylic acids is 1. The van der Waals surface area contributed by atoms with E-state index in [0.717, 1.165) is 12.1 Å². The zero-order chi connectivity index (χ0) is 20.6. The lowest BCUT2D eigenvalue weighted by atomic mass is 9.94. The van der Waals surface area contributed by atoms with Gasteiger partial charge in [-0.2, -0.15) is 0 Å². The molecule has 1 fully saturated rings. The van der Waals surface area contributed by atoms with Gasteiger partial charge in [0, 0.05) is 16.8 Å². The quantitative estimate of drug-likeness (QED) is 0.389. The molecule has 1 amide bonds. The highest BCUT2D eigenvalue weighted by Gasteiger charge is 2.50. The van der Waals surface area contributed by atoms with E-state index >= 15 is 0 Å². The molecular formula is C22H25FN2OS. The second-order valence-corrected chi connectivity index (χ2v) is 7.92. The summed E-state index contributed by atoms with van der Waals surface area (Å²) in [5.74, 6) is 2.31. The van der Waals surface area contributed by atoms with Crippen molar-refractivity contribution in [3.63, 3.8) is 0 Å². The number of benzene rings is 1. The SMILES string of the molecule is C#Cc1ccc(N2C(=O)C(C)(C)N(C(=C)CCC=C)C2=S)cc1C(C)(C)F. The second-order valence-electron chi connectivity index (χ2n) is 7.56. The van der Waals surface area contributed by atoms with Crippen LogP contribution in [0.4, 0.5) is 10.1 Å². The van der Waals surface area contributed by atoms with Crippen molar-refractivity contribution in [1.29, 1.82) is 0 Å². The number of halogens is 1. The fourth-order valence-corrected chi connectivity index (χ4v) is 3.77. The van der Waals surface area contributed by atoms with Gasteiger partial charge in [0.2, 0.25) is 0 Å². The molecule has 0 N–H and O–H groups in total. The number of carbonyl (C=O) groups is 1. The van der Waals surface area contributed by atoms with Crippen molar-refractivity contribution in [3.05, 3.63) is 54.3 Å². The summed E-state index contributed by atoms with van der Waals surface area (Å²) in [5.41, 5.74) is -0.491. The first-order valence-electron chi connectivity index (χ1n) is 8.74. The van der Waals surface area contributed by atoms with Crippen molar-refractivity contribution >= 4 is 28.9 Å². The Bertz CT molecular complexity index is 858. The van der Waals surface area contributed by atoms with E-state index in [4.69, 9.17) is 18.6 Å². The lowest BCUT2D eigenvalue weighted by Gasteiger charge is -2.31. The molecule has 1 aromatic carbocycles. The Labute approximate surface area is 166 Å². The maximum atomic E-state index is 14.7. The lowest BCUT2D eigenvalue weighted by molar-refractivity contribution is -0.122. The molecule has 1 aliphatic rings. The molecule has 142 valence electrons. The van der Waals surface area contributed by atoms with Crippen LogP contribution in [0, 0.1) is 12.3 Å². The summed E-state index contributed by atoms with van der Waals surface area (Å²) in [5, 5.41) is 0.329. The predicted molar refractivity (Wildman–Crippen MR) is 113 cm³/mol. The zero-order valence-corrected chi connectivity index (χ0v) is 17.1. The third kappa shape index (κ3) is 3.68. The van der Waals surface area contributed by atoms with E-state index in [-0.39, 0.29) is 5.91 Å². The van der Waals surface area contributed by atoms with Crippen molar-refractivity contribution in [2.75, 3.05) is 4.90 Å². The van der Waals surface area contributed by atoms with E-state index in [1.807, 2.05) is 0 Å². The number of allylic oxidation sites excluding steroid dienone is 2. The van der Waals surface area contributed by atoms with Crippen LogP contribution in [0.25, 0.3) is 0 Å². The van der Waals surface area contributed by atoms with Crippen LogP contribution in [-0.2, 0) is 10.5 Å². The highest BCUT2D eigenvalue weighted by atomic mass is 32.1. The van der Waals surface area contributed by atoms with Gasteiger partial charge in [0.25, 0.3) is 5.91 Å². The number of nitrogens with zero attached hydrogens (tertiary/aromatic N) is 2. The molecule has 1 aromatic rings. The van der Waals surface area contributed by atoms with E-state index in [1.165, 1.54) is 18.7 Å². The Morgan fingerprint density at radius 3 is 2.59 bits per heavy atom. The Kier molecular flexibility index (Phi) is 5.63. The monoisotopic (exact) mass is 384 g/mol. The minimum atomic E-state index is -1.65. The van der Waals surface area contributed by atoms with E-state index in [0.29, 0.717) is 28.3 Å². The third-order valence-electron chi connectivity index (χ3n) is 4.68. The van der Waals surface area contributed by atoms with Gasteiger partial charge in [0.05, 0.1) is 5.69 Å². The standard InChI is InChI=1S/C22H25FN2OS/c1-8-10-11-15(3)25-20(27)24(19(26)22(25,6)7)17-13-12-16(9-2)18(14-17)21(4,5)23/h2,8,12-14H,1,3,10-11H2,4-7H3. The Balaban J connectivity index is 2.52. The number of hydrogen-bond donors (Lipinski definition) is 0. The van der Waals surface area contributed by atoms with Gasteiger partial charge in [0.15, 0.2) is 5.11 Å². The van der Waals surface area contributed by atoms with Gasteiger partial charge in [-0.1, -0.05) is 18.6 Å². The fourth-order valence-electron chi connectivity index (χ4n) is 3.22. The molecule has 5 heteroatoms. The first-order valence-corrected chi connectivity index (χ1v) is 9.15. The van der Waals surface area contributed by atoms with E-state index in [2.05, 4.69) is 19.1 Å². The second kappa shape index (κ2) is 7.28. The van der Waals surface area contributed by atoms with Crippen molar-refractivity contribution in [3.8, 4) is 12.3 Å². The molecule has 27 heavy (non-hydrogen) atoms. The van der Waals surface area contributed by atoms with Gasteiger partial charge in [0.1, 0.15) is 11.2 Å². The summed E-state index contributed by atoms with van der Waals surface area (Å²) in [6.45, 7) is 14.3. The number of terminal acetylenes is 1. The van der Waals surface area contributed by atoms with Crippen LogP contribution in [-0.4, -0.2) is 21.5 Å². The van der Waals surface area contributed by atoms with Gasteiger partial charge < -0.3 is 4.90 Å². The molecular weight excluding hydrogens is 359 g/mol. The van der Waals surface area contributed by atoms with Crippen LogP contribution in [0.5, 0.6) is 0 Å². The molecule has 1 aliphatic heterocycles. The summed E-state index contributed by atoms with van der Waals surface area (Å²) in [6, 6.07) is 4.94. The molecule has 0 saturated carbocycles. The molecule has 0 aromatic heterocycles.